The molecule has 0 radical (unpaired) electrons. The summed E-state index contributed by atoms with van der Waals surface area (Å²) in [5, 5.41) is 4.07. The number of halogens is 3. The van der Waals surface area contributed by atoms with Crippen LogP contribution in [-0.4, -0.2) is 37.4 Å². The molecule has 4 rings (SSSR count). The number of aliphatic imine (C=N–C) groups is 1. The van der Waals surface area contributed by atoms with Gasteiger partial charge in [-0.2, -0.15) is 0 Å². The summed E-state index contributed by atoms with van der Waals surface area (Å²) in [6, 6.07) is 6.88. The van der Waals surface area contributed by atoms with Crippen molar-refractivity contribution in [2.75, 3.05) is 31.2 Å². The molecular weight excluding hydrogens is 489 g/mol. The number of amides is 1. The van der Waals surface area contributed by atoms with Gasteiger partial charge < -0.3 is 19.4 Å². The number of amidine groups is 1. The Kier molecular flexibility index (Phi) is 6.03. The van der Waals surface area contributed by atoms with Gasteiger partial charge in [0.05, 0.1) is 38.3 Å². The van der Waals surface area contributed by atoms with E-state index in [1.165, 1.54) is 11.8 Å². The second-order valence-electron chi connectivity index (χ2n) is 5.98. The SMILES string of the molecule is O=C1NC(=Nc2ccc(Cl)c(Cl)c2)S/C1=C\c1cc(Br)c(N2CCOCC2)o1. The number of anilines is 1. The van der Waals surface area contributed by atoms with E-state index in [9.17, 15) is 4.79 Å². The van der Waals surface area contributed by atoms with Crippen LogP contribution in [0, 0.1) is 0 Å². The third-order valence-corrected chi connectivity index (χ3v) is 6.26. The Morgan fingerprint density at radius 2 is 2.00 bits per heavy atom. The molecular formula is C18H14BrCl2N3O3S. The molecule has 2 aliphatic heterocycles. The van der Waals surface area contributed by atoms with Crippen LogP contribution in [0.2, 0.25) is 10.0 Å². The van der Waals surface area contributed by atoms with Crippen LogP contribution in [0.4, 0.5) is 11.6 Å². The fourth-order valence-corrected chi connectivity index (χ4v) is 4.38. The van der Waals surface area contributed by atoms with E-state index in [0.29, 0.717) is 44.8 Å². The molecule has 28 heavy (non-hydrogen) atoms. The summed E-state index contributed by atoms with van der Waals surface area (Å²) in [4.78, 5) is 19.3. The molecule has 1 amide bonds. The Bertz CT molecular complexity index is 986. The van der Waals surface area contributed by atoms with Gasteiger partial charge in [0.1, 0.15) is 5.76 Å². The van der Waals surface area contributed by atoms with E-state index < -0.39 is 0 Å². The van der Waals surface area contributed by atoms with Gasteiger partial charge in [0, 0.05) is 25.2 Å². The molecule has 1 N–H and O–H groups in total. The number of carbonyl (C=O) groups is 1. The zero-order valence-corrected chi connectivity index (χ0v) is 18.3. The summed E-state index contributed by atoms with van der Waals surface area (Å²) < 4.78 is 12.1. The number of rotatable bonds is 3. The highest BCUT2D eigenvalue weighted by Crippen LogP contribution is 2.35. The Morgan fingerprint density at radius 3 is 2.75 bits per heavy atom. The summed E-state index contributed by atoms with van der Waals surface area (Å²) >= 11 is 16.7. The minimum absolute atomic E-state index is 0.232. The summed E-state index contributed by atoms with van der Waals surface area (Å²) in [6.45, 7) is 2.85. The number of nitrogens with one attached hydrogen (secondary N) is 1. The van der Waals surface area contributed by atoms with E-state index in [0.717, 1.165) is 23.4 Å². The molecule has 2 aliphatic rings. The van der Waals surface area contributed by atoms with Gasteiger partial charge in [0.15, 0.2) is 5.17 Å². The topological polar surface area (TPSA) is 67.1 Å². The van der Waals surface area contributed by atoms with Gasteiger partial charge in [-0.3, -0.25) is 4.79 Å². The van der Waals surface area contributed by atoms with E-state index in [1.54, 1.807) is 24.3 Å². The van der Waals surface area contributed by atoms with Crippen LogP contribution >= 0.6 is 50.9 Å². The molecule has 1 aromatic heterocycles. The number of benzene rings is 1. The lowest BCUT2D eigenvalue weighted by Gasteiger charge is -2.26. The monoisotopic (exact) mass is 501 g/mol. The average Bonchev–Trinajstić information content (AvgIpc) is 3.21. The zero-order valence-electron chi connectivity index (χ0n) is 14.4. The molecule has 146 valence electrons. The van der Waals surface area contributed by atoms with Crippen molar-refractivity contribution in [1.82, 2.24) is 5.32 Å². The molecule has 0 spiro atoms. The standard InChI is InChI=1S/C18H14BrCl2N3O3S/c19-12-8-11(27-17(12)24-3-5-26-6-4-24)9-15-16(25)23-18(28-15)22-10-1-2-13(20)14(21)7-10/h1-2,7-9H,3-6H2,(H,22,23,25)/b15-9-. The van der Waals surface area contributed by atoms with Gasteiger partial charge in [0.2, 0.25) is 5.88 Å². The van der Waals surface area contributed by atoms with Crippen molar-refractivity contribution in [2.24, 2.45) is 4.99 Å². The minimum Gasteiger partial charge on any atom is -0.440 e. The Balaban J connectivity index is 1.53. The molecule has 10 heteroatoms. The molecule has 3 heterocycles. The molecule has 0 atom stereocenters. The van der Waals surface area contributed by atoms with Crippen molar-refractivity contribution in [2.45, 2.75) is 0 Å². The van der Waals surface area contributed by atoms with Gasteiger partial charge in [-0.25, -0.2) is 4.99 Å². The maximum atomic E-state index is 12.3. The van der Waals surface area contributed by atoms with Crippen molar-refractivity contribution in [3.63, 3.8) is 0 Å². The molecule has 0 unspecified atom stereocenters. The van der Waals surface area contributed by atoms with E-state index >= 15 is 0 Å². The fraction of sp³-hybridized carbons (Fsp3) is 0.222. The molecule has 2 saturated heterocycles. The summed E-state index contributed by atoms with van der Waals surface area (Å²) in [5.74, 6) is 1.09. The summed E-state index contributed by atoms with van der Waals surface area (Å²) in [6.07, 6.45) is 1.70. The highest BCUT2D eigenvalue weighted by atomic mass is 79.9. The summed E-state index contributed by atoms with van der Waals surface area (Å²) in [7, 11) is 0. The number of hydrogen-bond donors (Lipinski definition) is 1. The van der Waals surface area contributed by atoms with Gasteiger partial charge in [-0.05, 0) is 45.9 Å². The first-order valence-electron chi connectivity index (χ1n) is 8.36. The van der Waals surface area contributed by atoms with Gasteiger partial charge in [-0.1, -0.05) is 23.2 Å². The quantitative estimate of drug-likeness (QED) is 0.593. The van der Waals surface area contributed by atoms with Crippen LogP contribution in [0.3, 0.4) is 0 Å². The minimum atomic E-state index is -0.232. The zero-order chi connectivity index (χ0) is 19.7. The van der Waals surface area contributed by atoms with Crippen molar-refractivity contribution in [3.05, 3.63) is 49.4 Å². The van der Waals surface area contributed by atoms with Crippen molar-refractivity contribution in [3.8, 4) is 0 Å². The van der Waals surface area contributed by atoms with Crippen LogP contribution in [0.25, 0.3) is 6.08 Å². The highest BCUT2D eigenvalue weighted by Gasteiger charge is 2.25. The van der Waals surface area contributed by atoms with E-state index in [-0.39, 0.29) is 5.91 Å². The molecule has 0 saturated carbocycles. The van der Waals surface area contributed by atoms with Crippen molar-refractivity contribution < 1.29 is 13.9 Å². The normalized spacial score (nSPS) is 20.2. The largest absolute Gasteiger partial charge is 0.440 e. The molecule has 2 aromatic rings. The molecule has 0 bridgehead atoms. The van der Waals surface area contributed by atoms with Gasteiger partial charge in [-0.15, -0.1) is 0 Å². The number of thioether (sulfide) groups is 1. The number of furan rings is 1. The molecule has 1 aromatic carbocycles. The van der Waals surface area contributed by atoms with Crippen molar-refractivity contribution >= 4 is 79.6 Å². The van der Waals surface area contributed by atoms with Crippen LogP contribution in [-0.2, 0) is 9.53 Å². The maximum Gasteiger partial charge on any atom is 0.264 e. The lowest BCUT2D eigenvalue weighted by atomic mass is 10.3. The van der Waals surface area contributed by atoms with Gasteiger partial charge in [0.25, 0.3) is 5.91 Å². The predicted octanol–water partition coefficient (Wildman–Crippen LogP) is 5.08. The third-order valence-electron chi connectivity index (χ3n) is 4.04. The fourth-order valence-electron chi connectivity index (χ4n) is 2.71. The van der Waals surface area contributed by atoms with Crippen LogP contribution in [0.15, 0.2) is 43.1 Å². The van der Waals surface area contributed by atoms with Crippen LogP contribution in [0.5, 0.6) is 0 Å². The first kappa shape index (κ1) is 19.8. The average molecular weight is 503 g/mol. The number of ether oxygens (including phenoxy) is 1. The van der Waals surface area contributed by atoms with E-state index in [2.05, 4.69) is 31.1 Å². The van der Waals surface area contributed by atoms with Crippen LogP contribution in [0.1, 0.15) is 5.76 Å². The van der Waals surface area contributed by atoms with Gasteiger partial charge >= 0.3 is 0 Å². The van der Waals surface area contributed by atoms with Crippen molar-refractivity contribution in [1.29, 1.82) is 0 Å². The molecule has 6 nitrogen and oxygen atoms in total. The first-order valence-corrected chi connectivity index (χ1v) is 10.7. The number of carbonyl (C=O) groups excluding carboxylic acids is 1. The first-order chi connectivity index (χ1) is 13.5. The van der Waals surface area contributed by atoms with E-state index in [4.69, 9.17) is 32.4 Å². The molecule has 2 fully saturated rings. The lowest BCUT2D eigenvalue weighted by molar-refractivity contribution is -0.115. The lowest BCUT2D eigenvalue weighted by Crippen LogP contribution is -2.36. The Morgan fingerprint density at radius 1 is 1.21 bits per heavy atom. The molecule has 0 aliphatic carbocycles. The van der Waals surface area contributed by atoms with E-state index in [1.807, 2.05) is 6.07 Å². The Hall–Kier alpha value is -1.45. The number of hydrogen-bond acceptors (Lipinski definition) is 6. The second kappa shape index (κ2) is 8.51. The predicted molar refractivity (Wildman–Crippen MR) is 117 cm³/mol. The smallest absolute Gasteiger partial charge is 0.264 e. The Labute approximate surface area is 184 Å². The number of nitrogens with zero attached hydrogens (tertiary/aromatic N) is 2. The highest BCUT2D eigenvalue weighted by molar-refractivity contribution is 9.10. The number of morpholine rings is 1. The summed E-state index contributed by atoms with van der Waals surface area (Å²) in [5.41, 5.74) is 0.605. The third kappa shape index (κ3) is 4.41. The second-order valence-corrected chi connectivity index (χ2v) is 8.68. The maximum absolute atomic E-state index is 12.3. The van der Waals surface area contributed by atoms with Crippen LogP contribution < -0.4 is 10.2 Å².